The van der Waals surface area contributed by atoms with Crippen molar-refractivity contribution in [2.45, 2.75) is 32.1 Å². The largest absolute Gasteiger partial charge is 0.369 e. The zero-order valence-electron chi connectivity index (χ0n) is 6.88. The average Bonchev–Trinajstić information content (AvgIpc) is 1.96. The van der Waals surface area contributed by atoms with Crippen LogP contribution in [0.2, 0.25) is 0 Å². The summed E-state index contributed by atoms with van der Waals surface area (Å²) in [5.74, 6) is -0.316. The van der Waals surface area contributed by atoms with Crippen molar-refractivity contribution < 1.29 is 4.79 Å². The lowest BCUT2D eigenvalue weighted by molar-refractivity contribution is -0.115. The first-order chi connectivity index (χ1) is 5.27. The predicted molar refractivity (Wildman–Crippen MR) is 45.6 cm³/mol. The van der Waals surface area contributed by atoms with E-state index in [1.54, 1.807) is 0 Å². The molecule has 0 bridgehead atoms. The summed E-state index contributed by atoms with van der Waals surface area (Å²) in [5, 5.41) is 0. The van der Waals surface area contributed by atoms with Gasteiger partial charge in [0.15, 0.2) is 0 Å². The lowest BCUT2D eigenvalue weighted by Gasteiger charge is -1.97. The van der Waals surface area contributed by atoms with Crippen LogP contribution in [0.1, 0.15) is 32.1 Å². The fourth-order valence-corrected chi connectivity index (χ4v) is 0.887. The second-order valence-corrected chi connectivity index (χ2v) is 2.60. The van der Waals surface area contributed by atoms with Crippen molar-refractivity contribution in [2.75, 3.05) is 6.54 Å². The Kier molecular flexibility index (Phi) is 7.15. The molecule has 0 aliphatic carbocycles. The highest BCUT2D eigenvalue weighted by Crippen LogP contribution is 2.03. The number of rotatable bonds is 7. The SMILES string of the molecule is NCCCCCC[CH]C(N)=O. The Labute approximate surface area is 68.1 Å². The molecule has 0 aromatic rings. The van der Waals surface area contributed by atoms with Crippen LogP contribution in [0.5, 0.6) is 0 Å². The van der Waals surface area contributed by atoms with Crippen molar-refractivity contribution in [1.29, 1.82) is 0 Å². The van der Waals surface area contributed by atoms with Gasteiger partial charge in [-0.25, -0.2) is 0 Å². The first-order valence-corrected chi connectivity index (χ1v) is 4.10. The smallest absolute Gasteiger partial charge is 0.221 e. The van der Waals surface area contributed by atoms with E-state index in [4.69, 9.17) is 11.5 Å². The average molecular weight is 157 g/mol. The maximum absolute atomic E-state index is 10.2. The number of amides is 1. The monoisotopic (exact) mass is 157 g/mol. The minimum absolute atomic E-state index is 0.316. The highest BCUT2D eigenvalue weighted by molar-refractivity contribution is 5.82. The summed E-state index contributed by atoms with van der Waals surface area (Å²) in [4.78, 5) is 10.2. The molecule has 0 heterocycles. The van der Waals surface area contributed by atoms with Gasteiger partial charge in [0.25, 0.3) is 0 Å². The van der Waals surface area contributed by atoms with Crippen LogP contribution in [-0.4, -0.2) is 12.5 Å². The molecule has 1 radical (unpaired) electrons. The molecule has 0 unspecified atom stereocenters. The van der Waals surface area contributed by atoms with E-state index in [1.165, 1.54) is 6.42 Å². The summed E-state index contributed by atoms with van der Waals surface area (Å²) >= 11 is 0. The van der Waals surface area contributed by atoms with Gasteiger partial charge in [0.2, 0.25) is 5.91 Å². The van der Waals surface area contributed by atoms with Crippen LogP contribution < -0.4 is 11.5 Å². The molecule has 1 amide bonds. The summed E-state index contributed by atoms with van der Waals surface area (Å²) < 4.78 is 0. The minimum Gasteiger partial charge on any atom is -0.369 e. The molecule has 0 fully saturated rings. The van der Waals surface area contributed by atoms with Crippen molar-refractivity contribution in [3.05, 3.63) is 6.42 Å². The number of primary amides is 1. The maximum atomic E-state index is 10.2. The summed E-state index contributed by atoms with van der Waals surface area (Å²) in [5.41, 5.74) is 10.2. The third-order valence-corrected chi connectivity index (χ3v) is 1.50. The Bertz CT molecular complexity index is 104. The number of unbranched alkanes of at least 4 members (excludes halogenated alkanes) is 4. The molecule has 0 spiro atoms. The highest BCUT2D eigenvalue weighted by Gasteiger charge is 1.94. The molecule has 0 aliphatic rings. The van der Waals surface area contributed by atoms with Crippen molar-refractivity contribution in [1.82, 2.24) is 0 Å². The lowest BCUT2D eigenvalue weighted by atomic mass is 10.1. The standard InChI is InChI=1S/C8H17N2O/c9-7-5-3-1-2-4-6-8(10)11/h6H,1-5,7,9H2,(H2,10,11). The Morgan fingerprint density at radius 2 is 1.82 bits per heavy atom. The van der Waals surface area contributed by atoms with Gasteiger partial charge in [-0.3, -0.25) is 4.79 Å². The molecule has 0 rings (SSSR count). The van der Waals surface area contributed by atoms with Crippen LogP contribution in [0.3, 0.4) is 0 Å². The van der Waals surface area contributed by atoms with Crippen molar-refractivity contribution in [2.24, 2.45) is 11.5 Å². The van der Waals surface area contributed by atoms with Crippen LogP contribution in [0.4, 0.5) is 0 Å². The van der Waals surface area contributed by atoms with E-state index < -0.39 is 0 Å². The van der Waals surface area contributed by atoms with Crippen LogP contribution >= 0.6 is 0 Å². The fourth-order valence-electron chi connectivity index (χ4n) is 0.887. The van der Waals surface area contributed by atoms with E-state index in [0.29, 0.717) is 0 Å². The maximum Gasteiger partial charge on any atom is 0.221 e. The summed E-state index contributed by atoms with van der Waals surface area (Å²) in [6, 6.07) is 0. The Morgan fingerprint density at radius 1 is 1.18 bits per heavy atom. The molecular formula is C8H17N2O. The Balaban J connectivity index is 2.85. The van der Waals surface area contributed by atoms with E-state index in [2.05, 4.69) is 0 Å². The summed E-state index contributed by atoms with van der Waals surface area (Å²) in [6.45, 7) is 0.763. The predicted octanol–water partition coefficient (Wildman–Crippen LogP) is 0.585. The second kappa shape index (κ2) is 7.54. The van der Waals surface area contributed by atoms with Crippen LogP contribution in [0, 0.1) is 6.42 Å². The normalized spacial score (nSPS) is 9.91. The van der Waals surface area contributed by atoms with Crippen molar-refractivity contribution >= 4 is 5.91 Å². The molecular weight excluding hydrogens is 140 g/mol. The molecule has 0 atom stereocenters. The van der Waals surface area contributed by atoms with Gasteiger partial charge in [0.05, 0.1) is 0 Å². The first kappa shape index (κ1) is 10.4. The zero-order chi connectivity index (χ0) is 8.53. The summed E-state index contributed by atoms with van der Waals surface area (Å²) in [7, 11) is 0. The van der Waals surface area contributed by atoms with Gasteiger partial charge in [0, 0.05) is 6.42 Å². The molecule has 4 N–H and O–H groups in total. The molecule has 3 nitrogen and oxygen atoms in total. The van der Waals surface area contributed by atoms with Gasteiger partial charge >= 0.3 is 0 Å². The Hall–Kier alpha value is -0.570. The van der Waals surface area contributed by atoms with E-state index >= 15 is 0 Å². The zero-order valence-corrected chi connectivity index (χ0v) is 6.88. The van der Waals surface area contributed by atoms with Crippen molar-refractivity contribution in [3.63, 3.8) is 0 Å². The molecule has 0 aromatic carbocycles. The minimum atomic E-state index is -0.316. The number of hydrogen-bond acceptors (Lipinski definition) is 2. The van der Waals surface area contributed by atoms with Gasteiger partial charge in [0.1, 0.15) is 0 Å². The number of hydrogen-bond donors (Lipinski definition) is 2. The molecule has 0 aliphatic heterocycles. The fraction of sp³-hybridized carbons (Fsp3) is 0.750. The van der Waals surface area contributed by atoms with E-state index in [9.17, 15) is 4.79 Å². The first-order valence-electron chi connectivity index (χ1n) is 4.10. The quantitative estimate of drug-likeness (QED) is 0.531. The van der Waals surface area contributed by atoms with E-state index in [-0.39, 0.29) is 5.91 Å². The third kappa shape index (κ3) is 9.43. The molecule has 0 saturated carbocycles. The van der Waals surface area contributed by atoms with Gasteiger partial charge in [-0.1, -0.05) is 19.3 Å². The molecule has 65 valence electrons. The van der Waals surface area contributed by atoms with Gasteiger partial charge in [-0.2, -0.15) is 0 Å². The highest BCUT2D eigenvalue weighted by atomic mass is 16.1. The number of nitrogens with two attached hydrogens (primary N) is 2. The summed E-state index contributed by atoms with van der Waals surface area (Å²) in [6.07, 6.45) is 6.76. The Morgan fingerprint density at radius 3 is 2.36 bits per heavy atom. The topological polar surface area (TPSA) is 69.1 Å². The van der Waals surface area contributed by atoms with E-state index in [1.807, 2.05) is 0 Å². The van der Waals surface area contributed by atoms with E-state index in [0.717, 1.165) is 38.6 Å². The number of carbonyl (C=O) groups is 1. The molecule has 0 aromatic heterocycles. The lowest BCUT2D eigenvalue weighted by Crippen LogP contribution is -2.10. The molecule has 11 heavy (non-hydrogen) atoms. The van der Waals surface area contributed by atoms with Crippen LogP contribution in [0.15, 0.2) is 0 Å². The van der Waals surface area contributed by atoms with Gasteiger partial charge < -0.3 is 11.5 Å². The van der Waals surface area contributed by atoms with Crippen LogP contribution in [-0.2, 0) is 4.79 Å². The second-order valence-electron chi connectivity index (χ2n) is 2.60. The van der Waals surface area contributed by atoms with Crippen molar-refractivity contribution in [3.8, 4) is 0 Å². The number of carbonyl (C=O) groups excluding carboxylic acids is 1. The molecule has 3 heteroatoms. The van der Waals surface area contributed by atoms with Gasteiger partial charge in [-0.15, -0.1) is 0 Å². The van der Waals surface area contributed by atoms with Gasteiger partial charge in [-0.05, 0) is 19.4 Å². The van der Waals surface area contributed by atoms with Crippen LogP contribution in [0.25, 0.3) is 0 Å². The molecule has 0 saturated heterocycles. The third-order valence-electron chi connectivity index (χ3n) is 1.50.